The summed E-state index contributed by atoms with van der Waals surface area (Å²) < 4.78 is 0. The summed E-state index contributed by atoms with van der Waals surface area (Å²) in [4.78, 5) is 13.9. The first-order valence-corrected chi connectivity index (χ1v) is 6.67. The van der Waals surface area contributed by atoms with Crippen LogP contribution in [0.4, 0.5) is 0 Å². The van der Waals surface area contributed by atoms with E-state index in [0.29, 0.717) is 19.0 Å². The van der Waals surface area contributed by atoms with Gasteiger partial charge in [0.2, 0.25) is 0 Å². The number of piperidine rings is 1. The SMILES string of the molecule is CC1CCN(C(=O)/C(C#N)=C\NC(C)(C)CO)CC1. The lowest BCUT2D eigenvalue weighted by atomic mass is 9.99. The van der Waals surface area contributed by atoms with E-state index < -0.39 is 5.54 Å². The Morgan fingerprint density at radius 1 is 1.53 bits per heavy atom. The minimum Gasteiger partial charge on any atom is -0.394 e. The van der Waals surface area contributed by atoms with Gasteiger partial charge in [0.05, 0.1) is 12.1 Å². The van der Waals surface area contributed by atoms with Crippen LogP contribution in [0.5, 0.6) is 0 Å². The van der Waals surface area contributed by atoms with Crippen molar-refractivity contribution < 1.29 is 9.90 Å². The summed E-state index contributed by atoms with van der Waals surface area (Å²) >= 11 is 0. The second-order valence-corrected chi connectivity index (χ2v) is 5.83. The molecule has 1 amide bonds. The summed E-state index contributed by atoms with van der Waals surface area (Å²) in [5, 5.41) is 21.1. The maximum atomic E-state index is 12.2. The van der Waals surface area contributed by atoms with Gasteiger partial charge in [-0.1, -0.05) is 6.92 Å². The van der Waals surface area contributed by atoms with Crippen LogP contribution in [0.2, 0.25) is 0 Å². The molecule has 1 aliphatic rings. The van der Waals surface area contributed by atoms with Crippen molar-refractivity contribution in [2.45, 2.75) is 39.2 Å². The molecule has 19 heavy (non-hydrogen) atoms. The summed E-state index contributed by atoms with van der Waals surface area (Å²) in [7, 11) is 0. The zero-order chi connectivity index (χ0) is 14.5. The maximum Gasteiger partial charge on any atom is 0.265 e. The van der Waals surface area contributed by atoms with Gasteiger partial charge in [0, 0.05) is 19.3 Å². The number of rotatable bonds is 4. The molecule has 0 radical (unpaired) electrons. The highest BCUT2D eigenvalue weighted by Crippen LogP contribution is 2.17. The topological polar surface area (TPSA) is 76.4 Å². The highest BCUT2D eigenvalue weighted by molar-refractivity contribution is 5.97. The molecule has 5 heteroatoms. The Kier molecular flexibility index (Phi) is 5.37. The zero-order valence-corrected chi connectivity index (χ0v) is 11.9. The molecule has 0 spiro atoms. The molecule has 0 bridgehead atoms. The first-order valence-electron chi connectivity index (χ1n) is 6.67. The van der Waals surface area contributed by atoms with E-state index >= 15 is 0 Å². The average Bonchev–Trinajstić information content (AvgIpc) is 2.40. The smallest absolute Gasteiger partial charge is 0.265 e. The van der Waals surface area contributed by atoms with E-state index in [1.807, 2.05) is 6.07 Å². The van der Waals surface area contributed by atoms with Gasteiger partial charge >= 0.3 is 0 Å². The van der Waals surface area contributed by atoms with Gasteiger partial charge in [-0.15, -0.1) is 0 Å². The number of carbonyl (C=O) groups excluding carboxylic acids is 1. The Labute approximate surface area is 114 Å². The normalized spacial score (nSPS) is 18.1. The highest BCUT2D eigenvalue weighted by Gasteiger charge is 2.23. The molecule has 2 N–H and O–H groups in total. The number of aliphatic hydroxyl groups is 1. The zero-order valence-electron chi connectivity index (χ0n) is 11.9. The predicted molar refractivity (Wildman–Crippen MR) is 73.0 cm³/mol. The fraction of sp³-hybridized carbons (Fsp3) is 0.714. The molecular formula is C14H23N3O2. The number of hydrogen-bond donors (Lipinski definition) is 2. The van der Waals surface area contributed by atoms with E-state index in [0.717, 1.165) is 12.8 Å². The molecule has 1 saturated heterocycles. The van der Waals surface area contributed by atoms with E-state index in [1.165, 1.54) is 6.20 Å². The number of nitrogens with zero attached hydrogens (tertiary/aromatic N) is 2. The first-order chi connectivity index (χ1) is 8.89. The molecule has 5 nitrogen and oxygen atoms in total. The third kappa shape index (κ3) is 4.56. The monoisotopic (exact) mass is 265 g/mol. The molecule has 0 unspecified atom stereocenters. The first kappa shape index (κ1) is 15.5. The fourth-order valence-corrected chi connectivity index (χ4v) is 1.84. The molecule has 0 aromatic carbocycles. The van der Waals surface area contributed by atoms with Crippen molar-refractivity contribution in [1.82, 2.24) is 10.2 Å². The molecule has 0 atom stereocenters. The lowest BCUT2D eigenvalue weighted by Crippen LogP contribution is -2.41. The van der Waals surface area contributed by atoms with Crippen LogP contribution in [0.25, 0.3) is 0 Å². The summed E-state index contributed by atoms with van der Waals surface area (Å²) in [6, 6.07) is 1.93. The second-order valence-electron chi connectivity index (χ2n) is 5.83. The van der Waals surface area contributed by atoms with Gasteiger partial charge in [-0.3, -0.25) is 4.79 Å². The van der Waals surface area contributed by atoms with Crippen LogP contribution in [-0.2, 0) is 4.79 Å². The quantitative estimate of drug-likeness (QED) is 0.587. The summed E-state index contributed by atoms with van der Waals surface area (Å²) in [6.45, 7) is 7.12. The Morgan fingerprint density at radius 2 is 2.11 bits per heavy atom. The molecule has 106 valence electrons. The number of amides is 1. The third-order valence-electron chi connectivity index (χ3n) is 3.42. The Balaban J connectivity index is 2.67. The van der Waals surface area contributed by atoms with E-state index in [9.17, 15) is 4.79 Å². The Bertz CT molecular complexity index is 388. The summed E-state index contributed by atoms with van der Waals surface area (Å²) in [6.07, 6.45) is 3.39. The largest absolute Gasteiger partial charge is 0.394 e. The van der Waals surface area contributed by atoms with Crippen LogP contribution in [0.3, 0.4) is 0 Å². The molecule has 0 aromatic heterocycles. The molecule has 1 rings (SSSR count). The number of carbonyl (C=O) groups is 1. The van der Waals surface area contributed by atoms with Gasteiger partial charge < -0.3 is 15.3 Å². The van der Waals surface area contributed by atoms with Crippen LogP contribution < -0.4 is 5.32 Å². The van der Waals surface area contributed by atoms with Crippen molar-refractivity contribution in [3.63, 3.8) is 0 Å². The van der Waals surface area contributed by atoms with Gasteiger partial charge in [-0.05, 0) is 32.6 Å². The van der Waals surface area contributed by atoms with Crippen molar-refractivity contribution >= 4 is 5.91 Å². The van der Waals surface area contributed by atoms with E-state index in [1.54, 1.807) is 18.7 Å². The van der Waals surface area contributed by atoms with Crippen molar-refractivity contribution in [3.8, 4) is 6.07 Å². The number of nitriles is 1. The highest BCUT2D eigenvalue weighted by atomic mass is 16.3. The second kappa shape index (κ2) is 6.58. The van der Waals surface area contributed by atoms with Crippen LogP contribution in [0.1, 0.15) is 33.6 Å². The lowest BCUT2D eigenvalue weighted by molar-refractivity contribution is -0.128. The molecule has 0 saturated carbocycles. The van der Waals surface area contributed by atoms with Crippen LogP contribution in [-0.4, -0.2) is 41.1 Å². The molecule has 1 fully saturated rings. The maximum absolute atomic E-state index is 12.2. The number of nitrogens with one attached hydrogen (secondary N) is 1. The van der Waals surface area contributed by atoms with Crippen LogP contribution >= 0.6 is 0 Å². The lowest BCUT2D eigenvalue weighted by Gasteiger charge is -2.30. The molecule has 1 heterocycles. The summed E-state index contributed by atoms with van der Waals surface area (Å²) in [5.41, 5.74) is -0.449. The van der Waals surface area contributed by atoms with Gasteiger partial charge in [-0.25, -0.2) is 0 Å². The van der Waals surface area contributed by atoms with E-state index in [4.69, 9.17) is 10.4 Å². The van der Waals surface area contributed by atoms with Crippen molar-refractivity contribution in [3.05, 3.63) is 11.8 Å². The molecule has 0 aromatic rings. The van der Waals surface area contributed by atoms with Crippen molar-refractivity contribution in [2.24, 2.45) is 5.92 Å². The van der Waals surface area contributed by atoms with Crippen LogP contribution in [0, 0.1) is 17.2 Å². The number of likely N-dealkylation sites (tertiary alicyclic amines) is 1. The third-order valence-corrected chi connectivity index (χ3v) is 3.42. The van der Waals surface area contributed by atoms with Crippen LogP contribution in [0.15, 0.2) is 11.8 Å². The number of hydrogen-bond acceptors (Lipinski definition) is 4. The van der Waals surface area contributed by atoms with Gasteiger partial charge in [-0.2, -0.15) is 5.26 Å². The molecule has 0 aliphatic carbocycles. The van der Waals surface area contributed by atoms with E-state index in [-0.39, 0.29) is 18.1 Å². The minimum absolute atomic E-state index is 0.0718. The Hall–Kier alpha value is -1.54. The minimum atomic E-state index is -0.543. The fourth-order valence-electron chi connectivity index (χ4n) is 1.84. The summed E-state index contributed by atoms with van der Waals surface area (Å²) in [5.74, 6) is 0.417. The predicted octanol–water partition coefficient (Wildman–Crippen LogP) is 1.01. The molecule has 1 aliphatic heterocycles. The number of aliphatic hydroxyl groups excluding tert-OH is 1. The van der Waals surface area contributed by atoms with Gasteiger partial charge in [0.15, 0.2) is 0 Å². The Morgan fingerprint density at radius 3 is 2.58 bits per heavy atom. The van der Waals surface area contributed by atoms with Gasteiger partial charge in [0.1, 0.15) is 11.6 Å². The van der Waals surface area contributed by atoms with Gasteiger partial charge in [0.25, 0.3) is 5.91 Å². The van der Waals surface area contributed by atoms with Crippen molar-refractivity contribution in [2.75, 3.05) is 19.7 Å². The standard InChI is InChI=1S/C14H23N3O2/c1-11-4-6-17(7-5-11)13(19)12(8-15)9-16-14(2,3)10-18/h9,11,16,18H,4-7,10H2,1-3H3/b12-9-. The van der Waals surface area contributed by atoms with E-state index in [2.05, 4.69) is 12.2 Å². The average molecular weight is 265 g/mol. The molecular weight excluding hydrogens is 242 g/mol. The van der Waals surface area contributed by atoms with Crippen molar-refractivity contribution in [1.29, 1.82) is 5.26 Å².